The Morgan fingerprint density at radius 3 is 2.50 bits per heavy atom. The van der Waals surface area contributed by atoms with Crippen LogP contribution in [-0.2, 0) is 6.18 Å². The van der Waals surface area contributed by atoms with Crippen molar-refractivity contribution in [3.8, 4) is 0 Å². The molecule has 0 saturated heterocycles. The van der Waals surface area contributed by atoms with E-state index in [0.717, 1.165) is 30.7 Å². The average molecular weight is 280 g/mol. The van der Waals surface area contributed by atoms with Crippen molar-refractivity contribution in [1.29, 1.82) is 0 Å². The van der Waals surface area contributed by atoms with Crippen LogP contribution in [0.3, 0.4) is 0 Å². The largest absolute Gasteiger partial charge is 0.443 e. The van der Waals surface area contributed by atoms with E-state index < -0.39 is 11.2 Å². The lowest BCUT2D eigenvalue weighted by atomic mass is 9.99. The van der Waals surface area contributed by atoms with Gasteiger partial charge in [0, 0.05) is 17.1 Å². The van der Waals surface area contributed by atoms with E-state index in [1.165, 1.54) is 6.20 Å². The molecule has 0 aliphatic rings. The molecule has 18 heavy (non-hydrogen) atoms. The summed E-state index contributed by atoms with van der Waals surface area (Å²) in [6.07, 6.45) is -1.13. The van der Waals surface area contributed by atoms with E-state index in [2.05, 4.69) is 24.1 Å². The molecule has 0 amide bonds. The van der Waals surface area contributed by atoms with Gasteiger partial charge in [-0.15, -0.1) is 11.3 Å². The predicted molar refractivity (Wildman–Crippen MR) is 67.6 cm³/mol. The number of nitrogens with zero attached hydrogens (tertiary/aromatic N) is 1. The standard InChI is InChI=1S/C12H19F3N2S/c1-4-8(3)6-9(16-5-2)10-7-17-11(18-10)12(13,14)15/h7-9,16H,4-6H2,1-3H3. The second-order valence-corrected chi connectivity index (χ2v) is 5.49. The first-order chi connectivity index (χ1) is 8.38. The van der Waals surface area contributed by atoms with Crippen molar-refractivity contribution >= 4 is 11.3 Å². The van der Waals surface area contributed by atoms with Crippen LogP contribution in [0.4, 0.5) is 13.2 Å². The maximum Gasteiger partial charge on any atom is 0.443 e. The van der Waals surface area contributed by atoms with Gasteiger partial charge in [-0.3, -0.25) is 0 Å². The van der Waals surface area contributed by atoms with Crippen LogP contribution in [0.5, 0.6) is 0 Å². The third kappa shape index (κ3) is 4.24. The lowest BCUT2D eigenvalue weighted by molar-refractivity contribution is -0.137. The molecule has 0 fully saturated rings. The number of aromatic nitrogens is 1. The quantitative estimate of drug-likeness (QED) is 0.842. The molecule has 1 heterocycles. The fraction of sp³-hybridized carbons (Fsp3) is 0.750. The number of alkyl halides is 3. The van der Waals surface area contributed by atoms with Gasteiger partial charge < -0.3 is 5.32 Å². The Morgan fingerprint density at radius 1 is 1.39 bits per heavy atom. The van der Waals surface area contributed by atoms with Crippen molar-refractivity contribution in [3.63, 3.8) is 0 Å². The van der Waals surface area contributed by atoms with E-state index in [0.29, 0.717) is 10.8 Å². The lowest BCUT2D eigenvalue weighted by Crippen LogP contribution is -2.22. The van der Waals surface area contributed by atoms with Crippen LogP contribution in [0.25, 0.3) is 0 Å². The van der Waals surface area contributed by atoms with E-state index >= 15 is 0 Å². The van der Waals surface area contributed by atoms with Gasteiger partial charge in [0.25, 0.3) is 0 Å². The normalized spacial score (nSPS) is 15.7. The molecule has 104 valence electrons. The van der Waals surface area contributed by atoms with Gasteiger partial charge >= 0.3 is 6.18 Å². The first kappa shape index (κ1) is 15.4. The minimum Gasteiger partial charge on any atom is -0.309 e. The smallest absolute Gasteiger partial charge is 0.309 e. The number of rotatable bonds is 6. The zero-order valence-electron chi connectivity index (χ0n) is 10.8. The summed E-state index contributed by atoms with van der Waals surface area (Å²) < 4.78 is 37.5. The Kier molecular flexibility index (Phi) is 5.59. The SMILES string of the molecule is CCNC(CC(C)CC)c1cnc(C(F)(F)F)s1. The Balaban J connectivity index is 2.82. The highest BCUT2D eigenvalue weighted by molar-refractivity contribution is 7.11. The monoisotopic (exact) mass is 280 g/mol. The molecule has 0 spiro atoms. The number of hydrogen-bond acceptors (Lipinski definition) is 3. The number of nitrogens with one attached hydrogen (secondary N) is 1. The fourth-order valence-corrected chi connectivity index (χ4v) is 2.57. The summed E-state index contributed by atoms with van der Waals surface area (Å²) in [6.45, 7) is 6.88. The molecule has 2 atom stereocenters. The van der Waals surface area contributed by atoms with E-state index in [9.17, 15) is 13.2 Å². The molecule has 1 N–H and O–H groups in total. The molecule has 1 rings (SSSR count). The highest BCUT2D eigenvalue weighted by atomic mass is 32.1. The van der Waals surface area contributed by atoms with Gasteiger partial charge in [0.2, 0.25) is 0 Å². The van der Waals surface area contributed by atoms with Crippen LogP contribution in [-0.4, -0.2) is 11.5 Å². The van der Waals surface area contributed by atoms with Crippen LogP contribution in [0.15, 0.2) is 6.20 Å². The first-order valence-corrected chi connectivity index (χ1v) is 6.96. The van der Waals surface area contributed by atoms with Crippen molar-refractivity contribution in [2.24, 2.45) is 5.92 Å². The zero-order valence-corrected chi connectivity index (χ0v) is 11.7. The van der Waals surface area contributed by atoms with Gasteiger partial charge in [0.1, 0.15) is 0 Å². The molecule has 6 heteroatoms. The molecule has 0 radical (unpaired) electrons. The summed E-state index contributed by atoms with van der Waals surface area (Å²) in [6, 6.07) is -0.0291. The summed E-state index contributed by atoms with van der Waals surface area (Å²) in [5.74, 6) is 0.477. The van der Waals surface area contributed by atoms with Gasteiger partial charge in [-0.25, -0.2) is 4.98 Å². The third-order valence-corrected chi connectivity index (χ3v) is 4.05. The second kappa shape index (κ2) is 6.52. The Morgan fingerprint density at radius 2 is 2.06 bits per heavy atom. The number of halogens is 3. The van der Waals surface area contributed by atoms with E-state index in [1.807, 2.05) is 6.92 Å². The highest BCUT2D eigenvalue weighted by Crippen LogP contribution is 2.35. The van der Waals surface area contributed by atoms with Crippen LogP contribution in [0, 0.1) is 5.92 Å². The van der Waals surface area contributed by atoms with Crippen LogP contribution >= 0.6 is 11.3 Å². The van der Waals surface area contributed by atoms with Crippen LogP contribution in [0.2, 0.25) is 0 Å². The average Bonchev–Trinajstić information content (AvgIpc) is 2.77. The molecule has 0 saturated carbocycles. The lowest BCUT2D eigenvalue weighted by Gasteiger charge is -2.19. The van der Waals surface area contributed by atoms with Crippen molar-refractivity contribution in [2.45, 2.75) is 45.8 Å². The van der Waals surface area contributed by atoms with Gasteiger partial charge in [-0.05, 0) is 18.9 Å². The van der Waals surface area contributed by atoms with Crippen molar-refractivity contribution in [3.05, 3.63) is 16.1 Å². The minimum atomic E-state index is -4.34. The van der Waals surface area contributed by atoms with Gasteiger partial charge in [-0.1, -0.05) is 27.2 Å². The molecule has 2 unspecified atom stereocenters. The van der Waals surface area contributed by atoms with Crippen molar-refractivity contribution in [1.82, 2.24) is 10.3 Å². The van der Waals surface area contributed by atoms with Crippen molar-refractivity contribution in [2.75, 3.05) is 6.54 Å². The van der Waals surface area contributed by atoms with E-state index in [4.69, 9.17) is 0 Å². The number of thiazole rings is 1. The summed E-state index contributed by atoms with van der Waals surface area (Å²) in [5, 5.41) is 2.47. The third-order valence-electron chi connectivity index (χ3n) is 2.90. The van der Waals surface area contributed by atoms with Crippen LogP contribution in [0.1, 0.15) is 49.5 Å². The van der Waals surface area contributed by atoms with Gasteiger partial charge in [-0.2, -0.15) is 13.2 Å². The molecule has 0 bridgehead atoms. The molecule has 2 nitrogen and oxygen atoms in total. The maximum atomic E-state index is 12.5. The molecular formula is C12H19F3N2S. The predicted octanol–water partition coefficient (Wildman–Crippen LogP) is 4.25. The van der Waals surface area contributed by atoms with Gasteiger partial charge in [0.15, 0.2) is 5.01 Å². The molecule has 1 aromatic rings. The van der Waals surface area contributed by atoms with E-state index in [1.54, 1.807) is 0 Å². The van der Waals surface area contributed by atoms with Crippen LogP contribution < -0.4 is 5.32 Å². The molecular weight excluding hydrogens is 261 g/mol. The zero-order chi connectivity index (χ0) is 13.8. The molecule has 0 aliphatic carbocycles. The Bertz CT molecular complexity index is 362. The Labute approximate surface area is 110 Å². The van der Waals surface area contributed by atoms with Gasteiger partial charge in [0.05, 0.1) is 0 Å². The molecule has 1 aromatic heterocycles. The first-order valence-electron chi connectivity index (χ1n) is 6.14. The fourth-order valence-electron chi connectivity index (χ4n) is 1.69. The number of hydrogen-bond donors (Lipinski definition) is 1. The topological polar surface area (TPSA) is 24.9 Å². The summed E-state index contributed by atoms with van der Waals surface area (Å²) in [7, 11) is 0. The van der Waals surface area contributed by atoms with Crippen molar-refractivity contribution < 1.29 is 13.2 Å². The molecule has 0 aromatic carbocycles. The molecule has 0 aliphatic heterocycles. The highest BCUT2D eigenvalue weighted by Gasteiger charge is 2.35. The Hall–Kier alpha value is -0.620. The minimum absolute atomic E-state index is 0.0291. The second-order valence-electron chi connectivity index (χ2n) is 4.42. The summed E-state index contributed by atoms with van der Waals surface area (Å²) >= 11 is 0.742. The maximum absolute atomic E-state index is 12.5. The summed E-state index contributed by atoms with van der Waals surface area (Å²) in [5.41, 5.74) is 0. The van der Waals surface area contributed by atoms with E-state index in [-0.39, 0.29) is 6.04 Å². The summed E-state index contributed by atoms with van der Waals surface area (Å²) in [4.78, 5) is 4.15.